The van der Waals surface area contributed by atoms with Crippen LogP contribution in [0.5, 0.6) is 0 Å². The van der Waals surface area contributed by atoms with E-state index < -0.39 is 20.5 Å². The van der Waals surface area contributed by atoms with Crippen molar-refractivity contribution >= 4 is 28.2 Å². The molecule has 0 aliphatic carbocycles. The second kappa shape index (κ2) is 8.91. The van der Waals surface area contributed by atoms with Crippen molar-refractivity contribution in [3.8, 4) is 0 Å². The van der Waals surface area contributed by atoms with E-state index in [4.69, 9.17) is 5.73 Å². The summed E-state index contributed by atoms with van der Waals surface area (Å²) >= 11 is 0. The summed E-state index contributed by atoms with van der Waals surface area (Å²) in [5, 5.41) is 0. The molecule has 2 unspecified atom stereocenters. The first-order valence-corrected chi connectivity index (χ1v) is 9.41. The van der Waals surface area contributed by atoms with Crippen LogP contribution in [0, 0.1) is 5.92 Å². The van der Waals surface area contributed by atoms with Crippen LogP contribution in [0.25, 0.3) is 0 Å². The van der Waals surface area contributed by atoms with E-state index in [0.717, 1.165) is 25.0 Å². The molecule has 9 heteroatoms. The number of halogens is 3. The second-order valence-electron chi connectivity index (χ2n) is 6.23. The third-order valence-corrected chi connectivity index (χ3v) is 5.79. The number of benzene rings is 1. The quantitative estimate of drug-likeness (QED) is 0.827. The van der Waals surface area contributed by atoms with Crippen molar-refractivity contribution in [3.63, 3.8) is 0 Å². The van der Waals surface area contributed by atoms with E-state index in [2.05, 4.69) is 0 Å². The standard InChI is InChI=1S/C16H22F2N2O3S.ClH/c1-11(19)13-3-2-8-20(10-13)15(21)9-12-4-6-14(7-5-12)24(22,23)16(17)18;/h4-7,11,13,16H,2-3,8-10,19H2,1H3;1H. The molecule has 0 spiro atoms. The van der Waals surface area contributed by atoms with Crippen LogP contribution < -0.4 is 5.73 Å². The van der Waals surface area contributed by atoms with Gasteiger partial charge in [0.15, 0.2) is 0 Å². The Morgan fingerprint density at radius 2 is 1.92 bits per heavy atom. The minimum absolute atomic E-state index is 0. The first-order chi connectivity index (χ1) is 11.2. The molecule has 2 N–H and O–H groups in total. The zero-order valence-corrected chi connectivity index (χ0v) is 15.5. The lowest BCUT2D eigenvalue weighted by Gasteiger charge is -2.34. The monoisotopic (exact) mass is 396 g/mol. The van der Waals surface area contributed by atoms with Gasteiger partial charge in [0.05, 0.1) is 11.3 Å². The van der Waals surface area contributed by atoms with Crippen LogP contribution in [0.15, 0.2) is 29.2 Å². The molecule has 1 heterocycles. The summed E-state index contributed by atoms with van der Waals surface area (Å²) in [7, 11) is -4.60. The van der Waals surface area contributed by atoms with E-state index in [1.165, 1.54) is 12.1 Å². The molecule has 0 radical (unpaired) electrons. The highest BCUT2D eigenvalue weighted by Gasteiger charge is 2.27. The number of carbonyl (C=O) groups excluding carboxylic acids is 1. The van der Waals surface area contributed by atoms with Crippen LogP contribution in [-0.2, 0) is 21.1 Å². The van der Waals surface area contributed by atoms with E-state index in [9.17, 15) is 22.0 Å². The Bertz CT molecular complexity index is 681. The fraction of sp³-hybridized carbons (Fsp3) is 0.562. The average Bonchev–Trinajstić information content (AvgIpc) is 2.55. The number of likely N-dealkylation sites (tertiary alicyclic amines) is 1. The van der Waals surface area contributed by atoms with Crippen molar-refractivity contribution in [2.24, 2.45) is 11.7 Å². The van der Waals surface area contributed by atoms with Gasteiger partial charge < -0.3 is 10.6 Å². The predicted octanol–water partition coefficient (Wildman–Crippen LogP) is 2.23. The van der Waals surface area contributed by atoms with E-state index in [1.807, 2.05) is 6.92 Å². The first-order valence-electron chi connectivity index (χ1n) is 7.86. The van der Waals surface area contributed by atoms with E-state index in [-0.39, 0.29) is 36.7 Å². The fourth-order valence-corrected chi connectivity index (χ4v) is 3.57. The summed E-state index contributed by atoms with van der Waals surface area (Å²) in [5.41, 5.74) is 6.50. The zero-order chi connectivity index (χ0) is 17.9. The van der Waals surface area contributed by atoms with Gasteiger partial charge in [0.25, 0.3) is 0 Å². The molecule has 0 aromatic heterocycles. The lowest BCUT2D eigenvalue weighted by atomic mass is 9.92. The Hall–Kier alpha value is -1.25. The molecule has 1 aliphatic heterocycles. The summed E-state index contributed by atoms with van der Waals surface area (Å²) in [5.74, 6) is -3.24. The van der Waals surface area contributed by atoms with Crippen molar-refractivity contribution in [3.05, 3.63) is 29.8 Å². The van der Waals surface area contributed by atoms with E-state index in [0.29, 0.717) is 18.7 Å². The summed E-state index contributed by atoms with van der Waals surface area (Å²) in [6, 6.07) is 5.07. The Kier molecular flexibility index (Phi) is 7.77. The maximum atomic E-state index is 12.5. The van der Waals surface area contributed by atoms with Crippen molar-refractivity contribution in [1.82, 2.24) is 4.90 Å². The van der Waals surface area contributed by atoms with Gasteiger partial charge in [-0.15, -0.1) is 12.4 Å². The minimum atomic E-state index is -4.60. The Morgan fingerprint density at radius 1 is 1.32 bits per heavy atom. The molecule has 1 aromatic carbocycles. The number of hydrogen-bond acceptors (Lipinski definition) is 4. The number of nitrogens with zero attached hydrogens (tertiary/aromatic N) is 1. The third-order valence-electron chi connectivity index (χ3n) is 4.40. The highest BCUT2D eigenvalue weighted by Crippen LogP contribution is 2.21. The Morgan fingerprint density at radius 3 is 2.44 bits per heavy atom. The highest BCUT2D eigenvalue weighted by molar-refractivity contribution is 7.91. The topological polar surface area (TPSA) is 80.5 Å². The minimum Gasteiger partial charge on any atom is -0.342 e. The molecule has 1 aromatic rings. The largest absolute Gasteiger partial charge is 0.342 e. The summed E-state index contributed by atoms with van der Waals surface area (Å²) in [6.45, 7) is 3.23. The van der Waals surface area contributed by atoms with Gasteiger partial charge in [-0.05, 0) is 43.4 Å². The lowest BCUT2D eigenvalue weighted by Crippen LogP contribution is -2.45. The molecule has 1 amide bonds. The number of amides is 1. The van der Waals surface area contributed by atoms with Gasteiger partial charge >= 0.3 is 5.76 Å². The summed E-state index contributed by atoms with van der Waals surface area (Å²) < 4.78 is 47.7. The first kappa shape index (κ1) is 21.8. The van der Waals surface area contributed by atoms with E-state index >= 15 is 0 Å². The van der Waals surface area contributed by atoms with Gasteiger partial charge in [0.2, 0.25) is 15.7 Å². The summed E-state index contributed by atoms with van der Waals surface area (Å²) in [6.07, 6.45) is 2.02. The van der Waals surface area contributed by atoms with Crippen LogP contribution >= 0.6 is 12.4 Å². The van der Waals surface area contributed by atoms with Gasteiger partial charge in [-0.3, -0.25) is 4.79 Å². The number of piperidine rings is 1. The Balaban J connectivity index is 0.00000312. The molecular formula is C16H23ClF2N2O3S. The van der Waals surface area contributed by atoms with Crippen LogP contribution in [0.2, 0.25) is 0 Å². The molecule has 142 valence electrons. The number of alkyl halides is 2. The van der Waals surface area contributed by atoms with Gasteiger partial charge in [0.1, 0.15) is 0 Å². The van der Waals surface area contributed by atoms with Crippen molar-refractivity contribution in [2.45, 2.75) is 42.9 Å². The highest BCUT2D eigenvalue weighted by atomic mass is 35.5. The van der Waals surface area contributed by atoms with Crippen LogP contribution in [0.1, 0.15) is 25.3 Å². The average molecular weight is 397 g/mol. The molecule has 1 saturated heterocycles. The molecule has 25 heavy (non-hydrogen) atoms. The molecule has 0 bridgehead atoms. The molecule has 0 saturated carbocycles. The molecule has 5 nitrogen and oxygen atoms in total. The molecular weight excluding hydrogens is 374 g/mol. The number of sulfone groups is 1. The van der Waals surface area contributed by atoms with Crippen molar-refractivity contribution < 1.29 is 22.0 Å². The second-order valence-corrected chi connectivity index (χ2v) is 8.15. The molecule has 2 atom stereocenters. The number of rotatable bonds is 5. The zero-order valence-electron chi connectivity index (χ0n) is 13.9. The SMILES string of the molecule is CC(N)C1CCCN(C(=O)Cc2ccc(S(=O)(=O)C(F)F)cc2)C1.Cl. The third kappa shape index (κ3) is 5.36. The van der Waals surface area contributed by atoms with Gasteiger partial charge in [-0.25, -0.2) is 8.42 Å². The lowest BCUT2D eigenvalue weighted by molar-refractivity contribution is -0.132. The fourth-order valence-electron chi connectivity index (χ4n) is 2.85. The molecule has 1 fully saturated rings. The van der Waals surface area contributed by atoms with Crippen LogP contribution in [0.3, 0.4) is 0 Å². The molecule has 1 aliphatic rings. The number of hydrogen-bond donors (Lipinski definition) is 1. The van der Waals surface area contributed by atoms with Crippen molar-refractivity contribution in [1.29, 1.82) is 0 Å². The maximum absolute atomic E-state index is 12.5. The smallest absolute Gasteiger partial charge is 0.341 e. The normalized spacial score (nSPS) is 19.4. The number of carbonyl (C=O) groups is 1. The van der Waals surface area contributed by atoms with Crippen LogP contribution in [0.4, 0.5) is 8.78 Å². The predicted molar refractivity (Wildman–Crippen MR) is 93.5 cm³/mol. The van der Waals surface area contributed by atoms with E-state index in [1.54, 1.807) is 4.90 Å². The van der Waals surface area contributed by atoms with Crippen LogP contribution in [-0.4, -0.2) is 44.1 Å². The van der Waals surface area contributed by atoms with Crippen molar-refractivity contribution in [2.75, 3.05) is 13.1 Å². The van der Waals surface area contributed by atoms with Gasteiger partial charge in [0, 0.05) is 19.1 Å². The maximum Gasteiger partial charge on any atom is 0.341 e. The Labute approximate surface area is 152 Å². The van der Waals surface area contributed by atoms with Gasteiger partial charge in [-0.1, -0.05) is 12.1 Å². The van der Waals surface area contributed by atoms with Gasteiger partial charge in [-0.2, -0.15) is 8.78 Å². The summed E-state index contributed by atoms with van der Waals surface area (Å²) in [4.78, 5) is 13.7. The molecule has 2 rings (SSSR count). The number of nitrogens with two attached hydrogens (primary N) is 1.